The average molecular weight is 357 g/mol. The minimum Gasteiger partial charge on any atom is -0.352 e. The van der Waals surface area contributed by atoms with Crippen LogP contribution in [0.4, 0.5) is 0 Å². The van der Waals surface area contributed by atoms with E-state index >= 15 is 0 Å². The fourth-order valence-electron chi connectivity index (χ4n) is 3.13. The summed E-state index contributed by atoms with van der Waals surface area (Å²) in [4.78, 5) is 26.6. The lowest BCUT2D eigenvalue weighted by atomic mass is 10.1. The molecular weight excluding hydrogens is 336 g/mol. The standard InChI is InChI=1S/C20H21ClN2O2/c1-14(16-5-3-2-4-6-16)23-13-17(11-19(23)24)20(25)22-12-15-7-9-18(21)10-8-15/h2-10,14,17H,11-13H2,1H3,(H,22,25)/t14-,17+/m0/s1. The Bertz CT molecular complexity index is 746. The van der Waals surface area contributed by atoms with Gasteiger partial charge in [0.05, 0.1) is 12.0 Å². The maximum absolute atomic E-state index is 12.4. The molecule has 0 bridgehead atoms. The van der Waals surface area contributed by atoms with E-state index < -0.39 is 0 Å². The molecule has 0 aromatic heterocycles. The molecule has 1 aliphatic heterocycles. The third-order valence-electron chi connectivity index (χ3n) is 4.66. The smallest absolute Gasteiger partial charge is 0.225 e. The summed E-state index contributed by atoms with van der Waals surface area (Å²) in [6.07, 6.45) is 0.267. The van der Waals surface area contributed by atoms with Crippen molar-refractivity contribution in [3.63, 3.8) is 0 Å². The zero-order chi connectivity index (χ0) is 17.8. The van der Waals surface area contributed by atoms with Crippen LogP contribution in [0.2, 0.25) is 5.02 Å². The van der Waals surface area contributed by atoms with Crippen molar-refractivity contribution in [3.8, 4) is 0 Å². The fraction of sp³-hybridized carbons (Fsp3) is 0.300. The second-order valence-corrected chi connectivity index (χ2v) is 6.81. The highest BCUT2D eigenvalue weighted by molar-refractivity contribution is 6.30. The molecule has 2 amide bonds. The van der Waals surface area contributed by atoms with Crippen LogP contribution in [-0.4, -0.2) is 23.3 Å². The van der Waals surface area contributed by atoms with Gasteiger partial charge in [-0.3, -0.25) is 9.59 Å². The van der Waals surface area contributed by atoms with Crippen molar-refractivity contribution >= 4 is 23.4 Å². The normalized spacial score (nSPS) is 18.2. The third-order valence-corrected chi connectivity index (χ3v) is 4.91. The topological polar surface area (TPSA) is 49.4 Å². The Morgan fingerprint density at radius 3 is 2.56 bits per heavy atom. The molecule has 1 heterocycles. The largest absolute Gasteiger partial charge is 0.352 e. The lowest BCUT2D eigenvalue weighted by molar-refractivity contribution is -0.130. The molecule has 2 atom stereocenters. The van der Waals surface area contributed by atoms with Gasteiger partial charge in [-0.25, -0.2) is 0 Å². The Labute approximate surface area is 152 Å². The monoisotopic (exact) mass is 356 g/mol. The fourth-order valence-corrected chi connectivity index (χ4v) is 3.25. The summed E-state index contributed by atoms with van der Waals surface area (Å²) in [6.45, 7) is 2.90. The molecule has 1 N–H and O–H groups in total. The van der Waals surface area contributed by atoms with Crippen molar-refractivity contribution < 1.29 is 9.59 Å². The maximum atomic E-state index is 12.4. The second kappa shape index (κ2) is 7.70. The number of nitrogens with zero attached hydrogens (tertiary/aromatic N) is 1. The maximum Gasteiger partial charge on any atom is 0.225 e. The number of hydrogen-bond donors (Lipinski definition) is 1. The Morgan fingerprint density at radius 1 is 1.20 bits per heavy atom. The third kappa shape index (κ3) is 4.20. The summed E-state index contributed by atoms with van der Waals surface area (Å²) >= 11 is 5.86. The van der Waals surface area contributed by atoms with E-state index in [0.29, 0.717) is 18.1 Å². The first-order valence-electron chi connectivity index (χ1n) is 8.41. The van der Waals surface area contributed by atoms with E-state index in [1.165, 1.54) is 0 Å². The van der Waals surface area contributed by atoms with Crippen molar-refractivity contribution in [3.05, 3.63) is 70.7 Å². The van der Waals surface area contributed by atoms with Crippen LogP contribution >= 0.6 is 11.6 Å². The van der Waals surface area contributed by atoms with E-state index in [2.05, 4.69) is 5.32 Å². The predicted molar refractivity (Wildman–Crippen MR) is 98.0 cm³/mol. The van der Waals surface area contributed by atoms with Crippen LogP contribution in [-0.2, 0) is 16.1 Å². The molecule has 0 aliphatic carbocycles. The quantitative estimate of drug-likeness (QED) is 0.890. The first-order chi connectivity index (χ1) is 12.0. The lowest BCUT2D eigenvalue weighted by Crippen LogP contribution is -2.33. The van der Waals surface area contributed by atoms with Gasteiger partial charge in [0.25, 0.3) is 0 Å². The highest BCUT2D eigenvalue weighted by Crippen LogP contribution is 2.28. The first-order valence-corrected chi connectivity index (χ1v) is 8.79. The molecule has 25 heavy (non-hydrogen) atoms. The van der Waals surface area contributed by atoms with Crippen molar-refractivity contribution in [2.45, 2.75) is 25.9 Å². The van der Waals surface area contributed by atoms with Crippen LogP contribution < -0.4 is 5.32 Å². The average Bonchev–Trinajstić information content (AvgIpc) is 3.03. The molecule has 2 aromatic rings. The van der Waals surface area contributed by atoms with Gasteiger partial charge in [0.2, 0.25) is 11.8 Å². The summed E-state index contributed by atoms with van der Waals surface area (Å²) in [5.74, 6) is -0.347. The van der Waals surface area contributed by atoms with Crippen LogP contribution in [0.25, 0.3) is 0 Å². The van der Waals surface area contributed by atoms with Gasteiger partial charge in [-0.2, -0.15) is 0 Å². The van der Waals surface area contributed by atoms with Gasteiger partial charge in [-0.1, -0.05) is 54.1 Å². The first kappa shape index (κ1) is 17.5. The second-order valence-electron chi connectivity index (χ2n) is 6.38. The van der Waals surface area contributed by atoms with E-state index in [0.717, 1.165) is 11.1 Å². The van der Waals surface area contributed by atoms with Crippen LogP contribution in [0.15, 0.2) is 54.6 Å². The minimum atomic E-state index is -0.300. The van der Waals surface area contributed by atoms with E-state index in [-0.39, 0.29) is 30.2 Å². The molecule has 1 fully saturated rings. The molecule has 4 nitrogen and oxygen atoms in total. The molecular formula is C20H21ClN2O2. The van der Waals surface area contributed by atoms with E-state index in [1.807, 2.05) is 49.4 Å². The van der Waals surface area contributed by atoms with Crippen molar-refractivity contribution in [1.29, 1.82) is 0 Å². The predicted octanol–water partition coefficient (Wildman–Crippen LogP) is 3.57. The van der Waals surface area contributed by atoms with Gasteiger partial charge < -0.3 is 10.2 Å². The van der Waals surface area contributed by atoms with Gasteiger partial charge in [0, 0.05) is 24.5 Å². The van der Waals surface area contributed by atoms with Crippen molar-refractivity contribution in [1.82, 2.24) is 10.2 Å². The number of hydrogen-bond acceptors (Lipinski definition) is 2. The number of carbonyl (C=O) groups excluding carboxylic acids is 2. The minimum absolute atomic E-state index is 0.0252. The molecule has 3 rings (SSSR count). The van der Waals surface area contributed by atoms with Crippen LogP contribution in [0.1, 0.15) is 30.5 Å². The highest BCUT2D eigenvalue weighted by atomic mass is 35.5. The van der Waals surface area contributed by atoms with E-state index in [9.17, 15) is 9.59 Å². The lowest BCUT2D eigenvalue weighted by Gasteiger charge is -2.25. The Hall–Kier alpha value is -2.33. The molecule has 1 saturated heterocycles. The molecule has 0 radical (unpaired) electrons. The molecule has 0 spiro atoms. The molecule has 2 aromatic carbocycles. The molecule has 130 valence electrons. The number of carbonyl (C=O) groups is 2. The van der Waals surface area contributed by atoms with Gasteiger partial charge in [-0.15, -0.1) is 0 Å². The summed E-state index contributed by atoms with van der Waals surface area (Å²) in [6, 6.07) is 17.2. The number of likely N-dealkylation sites (tertiary alicyclic amines) is 1. The Kier molecular flexibility index (Phi) is 5.39. The molecule has 0 saturated carbocycles. The van der Waals surface area contributed by atoms with Gasteiger partial charge in [0.15, 0.2) is 0 Å². The molecule has 5 heteroatoms. The number of nitrogens with one attached hydrogen (secondary N) is 1. The Morgan fingerprint density at radius 2 is 1.88 bits per heavy atom. The summed E-state index contributed by atoms with van der Waals surface area (Å²) in [7, 11) is 0. The number of halogens is 1. The van der Waals surface area contributed by atoms with Crippen LogP contribution in [0.5, 0.6) is 0 Å². The number of benzene rings is 2. The zero-order valence-corrected chi connectivity index (χ0v) is 14.9. The summed E-state index contributed by atoms with van der Waals surface area (Å²) < 4.78 is 0. The van der Waals surface area contributed by atoms with Crippen molar-refractivity contribution in [2.24, 2.45) is 5.92 Å². The van der Waals surface area contributed by atoms with Gasteiger partial charge in [0.1, 0.15) is 0 Å². The number of amides is 2. The molecule has 0 unspecified atom stereocenters. The molecule has 1 aliphatic rings. The summed E-state index contributed by atoms with van der Waals surface area (Å²) in [5, 5.41) is 3.59. The number of rotatable bonds is 5. The van der Waals surface area contributed by atoms with Crippen LogP contribution in [0.3, 0.4) is 0 Å². The van der Waals surface area contributed by atoms with E-state index in [4.69, 9.17) is 11.6 Å². The summed E-state index contributed by atoms with van der Waals surface area (Å²) in [5.41, 5.74) is 2.06. The van der Waals surface area contributed by atoms with E-state index in [1.54, 1.807) is 17.0 Å². The SMILES string of the molecule is C[C@@H](c1ccccc1)N1C[C@H](C(=O)NCc2ccc(Cl)cc2)CC1=O. The van der Waals surface area contributed by atoms with Crippen LogP contribution in [0, 0.1) is 5.92 Å². The highest BCUT2D eigenvalue weighted by Gasteiger charge is 2.36. The van der Waals surface area contributed by atoms with Crippen molar-refractivity contribution in [2.75, 3.05) is 6.54 Å². The van der Waals surface area contributed by atoms with Gasteiger partial charge in [-0.05, 0) is 30.2 Å². The zero-order valence-electron chi connectivity index (χ0n) is 14.1. The Balaban J connectivity index is 1.58. The van der Waals surface area contributed by atoms with Gasteiger partial charge >= 0.3 is 0 Å².